The van der Waals surface area contributed by atoms with Crippen LogP contribution in [0.3, 0.4) is 0 Å². The number of hydrogen-bond donors (Lipinski definition) is 1. The van der Waals surface area contributed by atoms with Gasteiger partial charge in [-0.15, -0.1) is 0 Å². The maximum absolute atomic E-state index is 13.2. The number of carbonyl (C=O) groups excluding carboxylic acids is 1. The van der Waals surface area contributed by atoms with Gasteiger partial charge >= 0.3 is 0 Å². The van der Waals surface area contributed by atoms with E-state index < -0.39 is 0 Å². The molecule has 0 bridgehead atoms. The molecule has 1 amide bonds. The maximum Gasteiger partial charge on any atom is 0.220 e. The molecular weight excluding hydrogens is 243 g/mol. The molecule has 3 nitrogen and oxygen atoms in total. The number of hydrogen-bond acceptors (Lipinski definition) is 2. The van der Waals surface area contributed by atoms with Gasteiger partial charge in [0.2, 0.25) is 5.91 Å². The molecule has 3 rings (SSSR count). The number of benzene rings is 1. The van der Waals surface area contributed by atoms with E-state index in [-0.39, 0.29) is 17.3 Å². The Morgan fingerprint density at radius 1 is 1.37 bits per heavy atom. The van der Waals surface area contributed by atoms with Crippen molar-refractivity contribution in [1.82, 2.24) is 10.2 Å². The molecule has 4 heteroatoms. The van der Waals surface area contributed by atoms with Gasteiger partial charge in [0, 0.05) is 19.5 Å². The van der Waals surface area contributed by atoms with Gasteiger partial charge in [0.25, 0.3) is 0 Å². The lowest BCUT2D eigenvalue weighted by atomic mass is 9.87. The summed E-state index contributed by atoms with van der Waals surface area (Å²) < 4.78 is 13.2. The number of halogens is 1. The van der Waals surface area contributed by atoms with Crippen LogP contribution in [-0.4, -0.2) is 29.4 Å². The van der Waals surface area contributed by atoms with Crippen molar-refractivity contribution < 1.29 is 9.18 Å². The molecular formula is C15H19FN2O. The number of piperidine rings is 1. The zero-order valence-corrected chi connectivity index (χ0v) is 11.0. The highest BCUT2D eigenvalue weighted by Gasteiger charge is 2.40. The fourth-order valence-corrected chi connectivity index (χ4v) is 3.34. The van der Waals surface area contributed by atoms with Crippen molar-refractivity contribution in [2.24, 2.45) is 0 Å². The molecule has 2 saturated heterocycles. The number of nitrogens with one attached hydrogen (secondary N) is 1. The SMILES string of the molecule is O=C1CCC2(CCCN(Cc3cccc(F)c3)C2)N1. The van der Waals surface area contributed by atoms with E-state index in [1.165, 1.54) is 6.07 Å². The highest BCUT2D eigenvalue weighted by Crippen LogP contribution is 2.30. The lowest BCUT2D eigenvalue weighted by Gasteiger charge is -2.40. The quantitative estimate of drug-likeness (QED) is 0.885. The van der Waals surface area contributed by atoms with Gasteiger partial charge in [0.05, 0.1) is 5.54 Å². The molecule has 0 aromatic heterocycles. The van der Waals surface area contributed by atoms with E-state index >= 15 is 0 Å². The van der Waals surface area contributed by atoms with Gasteiger partial charge in [-0.25, -0.2) is 4.39 Å². The highest BCUT2D eigenvalue weighted by molar-refractivity contribution is 5.79. The molecule has 2 heterocycles. The largest absolute Gasteiger partial charge is 0.349 e. The van der Waals surface area contributed by atoms with Crippen LogP contribution in [0.15, 0.2) is 24.3 Å². The molecule has 19 heavy (non-hydrogen) atoms. The smallest absolute Gasteiger partial charge is 0.220 e. The van der Waals surface area contributed by atoms with Crippen LogP contribution in [0.4, 0.5) is 4.39 Å². The molecule has 2 fully saturated rings. The zero-order valence-electron chi connectivity index (χ0n) is 11.0. The van der Waals surface area contributed by atoms with Crippen molar-refractivity contribution in [2.75, 3.05) is 13.1 Å². The second-order valence-corrected chi connectivity index (χ2v) is 5.77. The molecule has 1 aromatic carbocycles. The summed E-state index contributed by atoms with van der Waals surface area (Å²) in [6, 6.07) is 6.77. The molecule has 102 valence electrons. The minimum atomic E-state index is -0.182. The predicted octanol–water partition coefficient (Wildman–Crippen LogP) is 2.07. The molecule has 2 aliphatic heterocycles. The molecule has 1 aromatic rings. The maximum atomic E-state index is 13.2. The topological polar surface area (TPSA) is 32.3 Å². The van der Waals surface area contributed by atoms with Crippen LogP contribution in [0.25, 0.3) is 0 Å². The minimum absolute atomic E-state index is 0.0251. The Labute approximate surface area is 112 Å². The van der Waals surface area contributed by atoms with E-state index in [4.69, 9.17) is 0 Å². The average Bonchev–Trinajstić information content (AvgIpc) is 2.70. The first-order valence-electron chi connectivity index (χ1n) is 6.93. The van der Waals surface area contributed by atoms with Crippen LogP contribution in [0.5, 0.6) is 0 Å². The van der Waals surface area contributed by atoms with Gasteiger partial charge in [-0.05, 0) is 43.5 Å². The summed E-state index contributed by atoms with van der Waals surface area (Å²) in [6.45, 7) is 2.67. The summed E-state index contributed by atoms with van der Waals surface area (Å²) in [7, 11) is 0. The Morgan fingerprint density at radius 3 is 3.00 bits per heavy atom. The van der Waals surface area contributed by atoms with Gasteiger partial charge in [0.1, 0.15) is 5.82 Å². The summed E-state index contributed by atoms with van der Waals surface area (Å²) >= 11 is 0. The van der Waals surface area contributed by atoms with Gasteiger partial charge in [-0.1, -0.05) is 12.1 Å². The van der Waals surface area contributed by atoms with Crippen molar-refractivity contribution in [3.8, 4) is 0 Å². The third-order valence-electron chi connectivity index (χ3n) is 4.19. The Bertz CT molecular complexity index is 491. The Balaban J connectivity index is 1.67. The first kappa shape index (κ1) is 12.6. The van der Waals surface area contributed by atoms with Crippen LogP contribution in [0.2, 0.25) is 0 Å². The molecule has 1 spiro atoms. The summed E-state index contributed by atoms with van der Waals surface area (Å²) in [4.78, 5) is 13.8. The Morgan fingerprint density at radius 2 is 2.26 bits per heavy atom. The van der Waals surface area contributed by atoms with Crippen molar-refractivity contribution in [3.63, 3.8) is 0 Å². The number of rotatable bonds is 2. The molecule has 0 saturated carbocycles. The number of nitrogens with zero attached hydrogens (tertiary/aromatic N) is 1. The van der Waals surface area contributed by atoms with E-state index in [1.54, 1.807) is 12.1 Å². The van der Waals surface area contributed by atoms with E-state index in [9.17, 15) is 9.18 Å². The van der Waals surface area contributed by atoms with Crippen LogP contribution in [0.1, 0.15) is 31.2 Å². The average molecular weight is 262 g/mol. The molecule has 2 aliphatic rings. The summed E-state index contributed by atoms with van der Waals surface area (Å²) in [5.74, 6) is -0.00834. The normalized spacial score (nSPS) is 27.7. The molecule has 1 atom stereocenters. The number of amides is 1. The summed E-state index contributed by atoms with van der Waals surface area (Å²) in [5, 5.41) is 3.14. The third-order valence-corrected chi connectivity index (χ3v) is 4.19. The number of carbonyl (C=O) groups is 1. The van der Waals surface area contributed by atoms with Crippen molar-refractivity contribution in [3.05, 3.63) is 35.6 Å². The Kier molecular flexibility index (Phi) is 3.27. The van der Waals surface area contributed by atoms with Crippen LogP contribution in [-0.2, 0) is 11.3 Å². The second-order valence-electron chi connectivity index (χ2n) is 5.77. The third kappa shape index (κ3) is 2.78. The van der Waals surface area contributed by atoms with E-state index in [1.807, 2.05) is 6.07 Å². The standard InChI is InChI=1S/C15H19FN2O/c16-13-4-1-3-12(9-13)10-18-8-2-6-15(11-18)7-5-14(19)17-15/h1,3-4,9H,2,5-8,10-11H2,(H,17,19). The fraction of sp³-hybridized carbons (Fsp3) is 0.533. The zero-order chi connectivity index (χ0) is 13.3. The summed E-state index contributed by atoms with van der Waals surface area (Å²) in [5.41, 5.74) is 0.976. The second kappa shape index (κ2) is 4.93. The minimum Gasteiger partial charge on any atom is -0.349 e. The van der Waals surface area contributed by atoms with Gasteiger partial charge in [-0.3, -0.25) is 9.69 Å². The van der Waals surface area contributed by atoms with Crippen molar-refractivity contribution >= 4 is 5.91 Å². The van der Waals surface area contributed by atoms with Crippen molar-refractivity contribution in [1.29, 1.82) is 0 Å². The molecule has 0 aliphatic carbocycles. The van der Waals surface area contributed by atoms with E-state index in [2.05, 4.69) is 10.2 Å². The Hall–Kier alpha value is -1.42. The first-order valence-corrected chi connectivity index (χ1v) is 6.93. The van der Waals surface area contributed by atoms with Gasteiger partial charge in [-0.2, -0.15) is 0 Å². The fourth-order valence-electron chi connectivity index (χ4n) is 3.34. The predicted molar refractivity (Wildman–Crippen MR) is 71.0 cm³/mol. The van der Waals surface area contributed by atoms with Crippen LogP contribution in [0, 0.1) is 5.82 Å². The highest BCUT2D eigenvalue weighted by atomic mass is 19.1. The number of likely N-dealkylation sites (tertiary alicyclic amines) is 1. The van der Waals surface area contributed by atoms with Gasteiger partial charge < -0.3 is 5.32 Å². The molecule has 1 N–H and O–H groups in total. The van der Waals surface area contributed by atoms with E-state index in [0.717, 1.165) is 44.5 Å². The lowest BCUT2D eigenvalue weighted by molar-refractivity contribution is -0.120. The van der Waals surface area contributed by atoms with E-state index in [0.29, 0.717) is 6.42 Å². The van der Waals surface area contributed by atoms with Crippen LogP contribution < -0.4 is 5.32 Å². The van der Waals surface area contributed by atoms with Gasteiger partial charge in [0.15, 0.2) is 0 Å². The van der Waals surface area contributed by atoms with Crippen molar-refractivity contribution in [2.45, 2.75) is 37.8 Å². The first-order chi connectivity index (χ1) is 9.15. The molecule has 1 unspecified atom stereocenters. The lowest BCUT2D eigenvalue weighted by Crippen LogP contribution is -2.54. The monoisotopic (exact) mass is 262 g/mol. The molecule has 0 radical (unpaired) electrons. The summed E-state index contributed by atoms with van der Waals surface area (Å²) in [6.07, 6.45) is 3.74. The van der Waals surface area contributed by atoms with Crippen LogP contribution >= 0.6 is 0 Å².